The van der Waals surface area contributed by atoms with Gasteiger partial charge in [-0.3, -0.25) is 0 Å². The number of nitrogens with two attached hydrogens (primary N) is 1. The molecule has 0 aromatic carbocycles. The third-order valence-electron chi connectivity index (χ3n) is 2.76. The van der Waals surface area contributed by atoms with Crippen molar-refractivity contribution in [3.8, 4) is 0 Å². The van der Waals surface area contributed by atoms with Gasteiger partial charge in [0.05, 0.1) is 24.4 Å². The first-order valence-corrected chi connectivity index (χ1v) is 5.69. The van der Waals surface area contributed by atoms with E-state index < -0.39 is 5.60 Å². The second-order valence-corrected chi connectivity index (χ2v) is 4.68. The molecule has 4 heteroatoms. The van der Waals surface area contributed by atoms with E-state index in [0.29, 0.717) is 13.0 Å². The van der Waals surface area contributed by atoms with Crippen LogP contribution < -0.4 is 5.73 Å². The van der Waals surface area contributed by atoms with Crippen molar-refractivity contribution in [2.75, 3.05) is 19.8 Å². The second-order valence-electron chi connectivity index (χ2n) is 4.68. The van der Waals surface area contributed by atoms with Crippen molar-refractivity contribution in [3.63, 3.8) is 0 Å². The van der Waals surface area contributed by atoms with Crippen molar-refractivity contribution in [2.45, 2.75) is 50.9 Å². The molecular formula is C11H23NO3. The predicted octanol–water partition coefficient (Wildman–Crippen LogP) is 0.670. The lowest BCUT2D eigenvalue weighted by Gasteiger charge is -2.25. The minimum atomic E-state index is -0.823. The van der Waals surface area contributed by atoms with E-state index >= 15 is 0 Å². The van der Waals surface area contributed by atoms with Crippen molar-refractivity contribution >= 4 is 0 Å². The maximum absolute atomic E-state index is 9.75. The highest BCUT2D eigenvalue weighted by molar-refractivity contribution is 4.76. The molecule has 0 amide bonds. The van der Waals surface area contributed by atoms with Crippen LogP contribution in [0.2, 0.25) is 0 Å². The summed E-state index contributed by atoms with van der Waals surface area (Å²) in [6, 6.07) is 0. The molecule has 1 rings (SSSR count). The van der Waals surface area contributed by atoms with Gasteiger partial charge in [-0.05, 0) is 26.7 Å². The van der Waals surface area contributed by atoms with Gasteiger partial charge >= 0.3 is 0 Å². The first-order chi connectivity index (χ1) is 7.03. The van der Waals surface area contributed by atoms with Crippen LogP contribution in [0.1, 0.15) is 33.1 Å². The number of hydrogen-bond acceptors (Lipinski definition) is 4. The van der Waals surface area contributed by atoms with Crippen LogP contribution >= 0.6 is 0 Å². The number of rotatable bonds is 6. The van der Waals surface area contributed by atoms with Crippen LogP contribution in [-0.4, -0.2) is 42.7 Å². The summed E-state index contributed by atoms with van der Waals surface area (Å²) in [5, 5.41) is 9.75. The van der Waals surface area contributed by atoms with Crippen molar-refractivity contribution in [3.05, 3.63) is 0 Å². The molecule has 0 spiro atoms. The summed E-state index contributed by atoms with van der Waals surface area (Å²) in [5.74, 6) is 0. The number of aliphatic hydroxyl groups is 1. The van der Waals surface area contributed by atoms with Crippen LogP contribution in [0.3, 0.4) is 0 Å². The van der Waals surface area contributed by atoms with E-state index in [1.54, 1.807) is 6.92 Å². The van der Waals surface area contributed by atoms with Crippen LogP contribution in [0.15, 0.2) is 0 Å². The Kier molecular flexibility index (Phi) is 4.99. The maximum atomic E-state index is 9.75. The van der Waals surface area contributed by atoms with Gasteiger partial charge in [0, 0.05) is 19.6 Å². The molecule has 1 aliphatic rings. The van der Waals surface area contributed by atoms with Crippen molar-refractivity contribution in [1.82, 2.24) is 0 Å². The topological polar surface area (TPSA) is 64.7 Å². The van der Waals surface area contributed by atoms with Crippen LogP contribution in [-0.2, 0) is 9.47 Å². The normalized spacial score (nSPS) is 27.6. The fourth-order valence-corrected chi connectivity index (χ4v) is 1.81. The van der Waals surface area contributed by atoms with Gasteiger partial charge < -0.3 is 20.3 Å². The van der Waals surface area contributed by atoms with E-state index in [2.05, 4.69) is 0 Å². The van der Waals surface area contributed by atoms with Crippen LogP contribution in [0, 0.1) is 0 Å². The third-order valence-corrected chi connectivity index (χ3v) is 2.76. The van der Waals surface area contributed by atoms with Gasteiger partial charge in [0.2, 0.25) is 0 Å². The molecule has 3 unspecified atom stereocenters. The molecule has 3 N–H and O–H groups in total. The van der Waals surface area contributed by atoms with E-state index in [1.165, 1.54) is 0 Å². The largest absolute Gasteiger partial charge is 0.389 e. The minimum Gasteiger partial charge on any atom is -0.389 e. The van der Waals surface area contributed by atoms with Crippen LogP contribution in [0.5, 0.6) is 0 Å². The standard InChI is InChI=1S/C11H23NO3/c1-9(6-11(2,13)8-12)15-7-10-4-3-5-14-10/h9-10,13H,3-8,12H2,1-2H3. The summed E-state index contributed by atoms with van der Waals surface area (Å²) in [6.07, 6.45) is 3.04. The molecule has 0 aromatic heterocycles. The maximum Gasteiger partial charge on any atom is 0.0809 e. The van der Waals surface area contributed by atoms with Gasteiger partial charge in [0.15, 0.2) is 0 Å². The molecule has 0 bridgehead atoms. The quantitative estimate of drug-likeness (QED) is 0.686. The number of ether oxygens (including phenoxy) is 2. The molecule has 90 valence electrons. The Morgan fingerprint density at radius 3 is 2.93 bits per heavy atom. The highest BCUT2D eigenvalue weighted by atomic mass is 16.5. The summed E-state index contributed by atoms with van der Waals surface area (Å²) < 4.78 is 11.1. The van der Waals surface area contributed by atoms with E-state index in [4.69, 9.17) is 15.2 Å². The van der Waals surface area contributed by atoms with Gasteiger partial charge in [-0.15, -0.1) is 0 Å². The summed E-state index contributed by atoms with van der Waals surface area (Å²) in [7, 11) is 0. The Labute approximate surface area is 91.7 Å². The van der Waals surface area contributed by atoms with E-state index in [1.807, 2.05) is 6.92 Å². The summed E-state index contributed by atoms with van der Waals surface area (Å²) in [5.41, 5.74) is 4.62. The summed E-state index contributed by atoms with van der Waals surface area (Å²) >= 11 is 0. The molecule has 1 aliphatic heterocycles. The summed E-state index contributed by atoms with van der Waals surface area (Å²) in [4.78, 5) is 0. The molecule has 0 radical (unpaired) electrons. The number of hydrogen-bond donors (Lipinski definition) is 2. The molecule has 15 heavy (non-hydrogen) atoms. The highest BCUT2D eigenvalue weighted by Gasteiger charge is 2.23. The zero-order valence-corrected chi connectivity index (χ0v) is 9.74. The predicted molar refractivity (Wildman–Crippen MR) is 58.7 cm³/mol. The molecule has 1 heterocycles. The first kappa shape index (κ1) is 12.9. The first-order valence-electron chi connectivity index (χ1n) is 5.69. The fourth-order valence-electron chi connectivity index (χ4n) is 1.81. The van der Waals surface area contributed by atoms with E-state index in [9.17, 15) is 5.11 Å². The Morgan fingerprint density at radius 1 is 1.67 bits per heavy atom. The van der Waals surface area contributed by atoms with Crippen molar-refractivity contribution in [2.24, 2.45) is 5.73 Å². The van der Waals surface area contributed by atoms with Crippen molar-refractivity contribution in [1.29, 1.82) is 0 Å². The average Bonchev–Trinajstić information content (AvgIpc) is 2.66. The molecule has 0 saturated carbocycles. The molecule has 3 atom stereocenters. The second kappa shape index (κ2) is 5.80. The van der Waals surface area contributed by atoms with Gasteiger partial charge in [-0.1, -0.05) is 0 Å². The van der Waals surface area contributed by atoms with E-state index in [0.717, 1.165) is 19.4 Å². The average molecular weight is 217 g/mol. The molecule has 0 aromatic rings. The SMILES string of the molecule is CC(CC(C)(O)CN)OCC1CCCO1. The Balaban J connectivity index is 2.15. The molecule has 4 nitrogen and oxygen atoms in total. The molecule has 0 aliphatic carbocycles. The highest BCUT2D eigenvalue weighted by Crippen LogP contribution is 2.16. The van der Waals surface area contributed by atoms with Crippen LogP contribution in [0.4, 0.5) is 0 Å². The van der Waals surface area contributed by atoms with Gasteiger partial charge in [0.1, 0.15) is 0 Å². The third kappa shape index (κ3) is 4.93. The van der Waals surface area contributed by atoms with E-state index in [-0.39, 0.29) is 18.8 Å². The monoisotopic (exact) mass is 217 g/mol. The Hall–Kier alpha value is -0.160. The van der Waals surface area contributed by atoms with Gasteiger partial charge in [0.25, 0.3) is 0 Å². The summed E-state index contributed by atoms with van der Waals surface area (Å²) in [6.45, 7) is 5.43. The smallest absolute Gasteiger partial charge is 0.0809 e. The fraction of sp³-hybridized carbons (Fsp3) is 1.00. The Bertz CT molecular complexity index is 179. The molecule has 1 fully saturated rings. The lowest BCUT2D eigenvalue weighted by atomic mass is 9.99. The zero-order chi connectivity index (χ0) is 11.3. The van der Waals surface area contributed by atoms with Gasteiger partial charge in [-0.25, -0.2) is 0 Å². The lowest BCUT2D eigenvalue weighted by Crippen LogP contribution is -2.38. The molecule has 1 saturated heterocycles. The van der Waals surface area contributed by atoms with Crippen molar-refractivity contribution < 1.29 is 14.6 Å². The zero-order valence-electron chi connectivity index (χ0n) is 9.74. The lowest BCUT2D eigenvalue weighted by molar-refractivity contribution is -0.0494. The minimum absolute atomic E-state index is 0.0211. The van der Waals surface area contributed by atoms with Crippen LogP contribution in [0.25, 0.3) is 0 Å². The molecular weight excluding hydrogens is 194 g/mol. The van der Waals surface area contributed by atoms with Gasteiger partial charge in [-0.2, -0.15) is 0 Å². The Morgan fingerprint density at radius 2 is 2.40 bits per heavy atom.